The van der Waals surface area contributed by atoms with Gasteiger partial charge in [0, 0.05) is 12.6 Å². The first-order chi connectivity index (χ1) is 6.34. The van der Waals surface area contributed by atoms with E-state index < -0.39 is 0 Å². The Labute approximate surface area is 89.2 Å². The smallest absolute Gasteiger partial charge is 0.0776 e. The lowest BCUT2D eigenvalue weighted by Gasteiger charge is -2.37. The Kier molecular flexibility index (Phi) is 5.68. The minimum Gasteiger partial charge on any atom is -0.376 e. The molecule has 0 aromatic rings. The summed E-state index contributed by atoms with van der Waals surface area (Å²) in [5, 5.41) is 0. The summed E-state index contributed by atoms with van der Waals surface area (Å²) < 4.78 is 5.77. The Balaban J connectivity index is 4.48. The zero-order valence-corrected chi connectivity index (χ0v) is 10.6. The molecule has 0 amide bonds. The molecule has 0 bridgehead atoms. The van der Waals surface area contributed by atoms with Crippen LogP contribution < -0.4 is 5.73 Å². The maximum absolute atomic E-state index is 6.22. The van der Waals surface area contributed by atoms with E-state index in [-0.39, 0.29) is 17.6 Å². The van der Waals surface area contributed by atoms with Crippen molar-refractivity contribution in [3.05, 3.63) is 0 Å². The Bertz CT molecular complexity index is 151. The fourth-order valence-corrected chi connectivity index (χ4v) is 1.69. The normalized spacial score (nSPS) is 19.1. The van der Waals surface area contributed by atoms with Gasteiger partial charge in [0.1, 0.15) is 0 Å². The predicted octanol–water partition coefficient (Wildman–Crippen LogP) is 2.81. The molecule has 0 saturated carbocycles. The Morgan fingerprint density at radius 2 is 1.71 bits per heavy atom. The topological polar surface area (TPSA) is 35.2 Å². The second-order valence-electron chi connectivity index (χ2n) is 5.20. The van der Waals surface area contributed by atoms with Crippen LogP contribution in [0.1, 0.15) is 48.0 Å². The van der Waals surface area contributed by atoms with Crippen LogP contribution in [-0.2, 0) is 4.74 Å². The monoisotopic (exact) mass is 201 g/mol. The molecule has 0 fully saturated rings. The van der Waals surface area contributed by atoms with E-state index in [1.165, 1.54) is 0 Å². The lowest BCUT2D eigenvalue weighted by atomic mass is 9.80. The first-order valence-corrected chi connectivity index (χ1v) is 5.71. The molecule has 0 aromatic heterocycles. The van der Waals surface area contributed by atoms with Gasteiger partial charge in [-0.3, -0.25) is 0 Å². The summed E-state index contributed by atoms with van der Waals surface area (Å²) in [6, 6.07) is 0.139. The highest BCUT2D eigenvalue weighted by Gasteiger charge is 2.32. The highest BCUT2D eigenvalue weighted by Crippen LogP contribution is 2.27. The van der Waals surface area contributed by atoms with Gasteiger partial charge in [0.15, 0.2) is 0 Å². The standard InChI is InChI=1S/C12H27NO/c1-7-9(3)10(13)11(14-8-2)12(4,5)6/h9-11H,7-8,13H2,1-6H3. The summed E-state index contributed by atoms with van der Waals surface area (Å²) in [6.45, 7) is 13.7. The van der Waals surface area contributed by atoms with E-state index in [4.69, 9.17) is 10.5 Å². The summed E-state index contributed by atoms with van der Waals surface area (Å²) in [5.74, 6) is 0.519. The van der Waals surface area contributed by atoms with Gasteiger partial charge in [-0.2, -0.15) is 0 Å². The minimum absolute atomic E-state index is 0.124. The van der Waals surface area contributed by atoms with Crippen molar-refractivity contribution in [2.45, 2.75) is 60.1 Å². The van der Waals surface area contributed by atoms with Crippen LogP contribution in [0.5, 0.6) is 0 Å². The van der Waals surface area contributed by atoms with E-state index in [2.05, 4.69) is 34.6 Å². The number of hydrogen-bond acceptors (Lipinski definition) is 2. The number of hydrogen-bond donors (Lipinski definition) is 1. The van der Waals surface area contributed by atoms with Crippen molar-refractivity contribution in [1.29, 1.82) is 0 Å². The molecular formula is C12H27NO. The Hall–Kier alpha value is -0.0800. The van der Waals surface area contributed by atoms with Gasteiger partial charge in [-0.25, -0.2) is 0 Å². The molecule has 0 heterocycles. The van der Waals surface area contributed by atoms with Crippen molar-refractivity contribution in [2.75, 3.05) is 6.61 Å². The zero-order chi connectivity index (χ0) is 11.4. The molecule has 0 aromatic carbocycles. The molecule has 0 aliphatic carbocycles. The van der Waals surface area contributed by atoms with Crippen LogP contribution in [0, 0.1) is 11.3 Å². The largest absolute Gasteiger partial charge is 0.376 e. The molecule has 2 N–H and O–H groups in total. The molecular weight excluding hydrogens is 174 g/mol. The third-order valence-electron chi connectivity index (χ3n) is 2.85. The molecule has 0 radical (unpaired) electrons. The van der Waals surface area contributed by atoms with Crippen LogP contribution in [0.4, 0.5) is 0 Å². The lowest BCUT2D eigenvalue weighted by Crippen LogP contribution is -2.48. The van der Waals surface area contributed by atoms with Crippen molar-refractivity contribution < 1.29 is 4.74 Å². The lowest BCUT2D eigenvalue weighted by molar-refractivity contribution is -0.0382. The molecule has 0 spiro atoms. The quantitative estimate of drug-likeness (QED) is 0.742. The SMILES string of the molecule is CCOC(C(N)C(C)CC)C(C)(C)C. The van der Waals surface area contributed by atoms with Crippen LogP contribution in [0.2, 0.25) is 0 Å². The van der Waals surface area contributed by atoms with Gasteiger partial charge in [-0.15, -0.1) is 0 Å². The van der Waals surface area contributed by atoms with Gasteiger partial charge in [-0.1, -0.05) is 41.0 Å². The van der Waals surface area contributed by atoms with Gasteiger partial charge in [0.05, 0.1) is 6.10 Å². The highest BCUT2D eigenvalue weighted by molar-refractivity contribution is 4.86. The molecule has 3 unspecified atom stereocenters. The van der Waals surface area contributed by atoms with Gasteiger partial charge >= 0.3 is 0 Å². The number of rotatable bonds is 5. The average molecular weight is 201 g/mol. The first kappa shape index (κ1) is 13.9. The summed E-state index contributed by atoms with van der Waals surface area (Å²) in [4.78, 5) is 0. The molecule has 0 aliphatic heterocycles. The maximum Gasteiger partial charge on any atom is 0.0776 e. The molecule has 2 nitrogen and oxygen atoms in total. The second-order valence-corrected chi connectivity index (χ2v) is 5.20. The fourth-order valence-electron chi connectivity index (χ4n) is 1.69. The third kappa shape index (κ3) is 3.97. The predicted molar refractivity (Wildman–Crippen MR) is 62.3 cm³/mol. The number of ether oxygens (including phenoxy) is 1. The average Bonchev–Trinajstić information content (AvgIpc) is 2.09. The minimum atomic E-state index is 0.124. The number of nitrogens with two attached hydrogens (primary N) is 1. The van der Waals surface area contributed by atoms with Crippen LogP contribution in [0.25, 0.3) is 0 Å². The molecule has 2 heteroatoms. The van der Waals surface area contributed by atoms with E-state index in [9.17, 15) is 0 Å². The highest BCUT2D eigenvalue weighted by atomic mass is 16.5. The van der Waals surface area contributed by atoms with Crippen molar-refractivity contribution in [1.82, 2.24) is 0 Å². The van der Waals surface area contributed by atoms with Crippen molar-refractivity contribution >= 4 is 0 Å². The van der Waals surface area contributed by atoms with Crippen molar-refractivity contribution in [2.24, 2.45) is 17.1 Å². The summed E-state index contributed by atoms with van der Waals surface area (Å²) >= 11 is 0. The van der Waals surface area contributed by atoms with Gasteiger partial charge in [0.2, 0.25) is 0 Å². The van der Waals surface area contributed by atoms with Crippen molar-refractivity contribution in [3.63, 3.8) is 0 Å². The molecule has 0 aliphatic rings. The van der Waals surface area contributed by atoms with E-state index >= 15 is 0 Å². The maximum atomic E-state index is 6.22. The fraction of sp³-hybridized carbons (Fsp3) is 1.00. The molecule has 0 saturated heterocycles. The zero-order valence-electron chi connectivity index (χ0n) is 10.6. The van der Waals surface area contributed by atoms with E-state index in [0.29, 0.717) is 5.92 Å². The Morgan fingerprint density at radius 1 is 1.21 bits per heavy atom. The summed E-state index contributed by atoms with van der Waals surface area (Å²) in [6.07, 6.45) is 1.27. The van der Waals surface area contributed by atoms with Crippen LogP contribution in [0.3, 0.4) is 0 Å². The summed E-state index contributed by atoms with van der Waals surface area (Å²) in [7, 11) is 0. The summed E-state index contributed by atoms with van der Waals surface area (Å²) in [5.41, 5.74) is 6.34. The third-order valence-corrected chi connectivity index (χ3v) is 2.85. The molecule has 3 atom stereocenters. The van der Waals surface area contributed by atoms with E-state index in [1.54, 1.807) is 0 Å². The second kappa shape index (κ2) is 5.72. The molecule has 86 valence electrons. The van der Waals surface area contributed by atoms with Crippen LogP contribution in [0.15, 0.2) is 0 Å². The molecule has 14 heavy (non-hydrogen) atoms. The van der Waals surface area contributed by atoms with Gasteiger partial charge < -0.3 is 10.5 Å². The molecule has 0 rings (SSSR count). The first-order valence-electron chi connectivity index (χ1n) is 5.71. The van der Waals surface area contributed by atoms with Gasteiger partial charge in [0.25, 0.3) is 0 Å². The van der Waals surface area contributed by atoms with Crippen LogP contribution >= 0.6 is 0 Å². The van der Waals surface area contributed by atoms with Crippen LogP contribution in [-0.4, -0.2) is 18.8 Å². The Morgan fingerprint density at radius 3 is 2.00 bits per heavy atom. The van der Waals surface area contributed by atoms with E-state index in [0.717, 1.165) is 13.0 Å². The van der Waals surface area contributed by atoms with Gasteiger partial charge in [-0.05, 0) is 18.3 Å². The van der Waals surface area contributed by atoms with Crippen molar-refractivity contribution in [3.8, 4) is 0 Å². The van der Waals surface area contributed by atoms with E-state index in [1.807, 2.05) is 6.92 Å².